The molecule has 1 N–H and O–H groups in total. The first-order valence-corrected chi connectivity index (χ1v) is 8.34. The molecule has 0 unspecified atom stereocenters. The number of amides is 1. The highest BCUT2D eigenvalue weighted by atomic mass is 16.2. The van der Waals surface area contributed by atoms with Crippen molar-refractivity contribution < 1.29 is 4.79 Å². The molecular formula is C20H21N3O2. The monoisotopic (exact) mass is 335 g/mol. The number of para-hydroxylation sites is 1. The Hall–Kier alpha value is -2.95. The Kier molecular flexibility index (Phi) is 4.65. The van der Waals surface area contributed by atoms with Gasteiger partial charge in [0.1, 0.15) is 0 Å². The standard InChI is InChI=1S/C20H21N3O2/c1-13(2)12-23-20(25)16-10-6-5-9-15(16)18(22-23)19(24)21-17-11-7-4-8-14(17)3/h4-11,13H,12H2,1-3H3,(H,21,24). The van der Waals surface area contributed by atoms with E-state index < -0.39 is 0 Å². The van der Waals surface area contributed by atoms with E-state index in [0.29, 0.717) is 17.3 Å². The van der Waals surface area contributed by atoms with Crippen molar-refractivity contribution in [1.82, 2.24) is 9.78 Å². The van der Waals surface area contributed by atoms with Gasteiger partial charge in [0.15, 0.2) is 5.69 Å². The van der Waals surface area contributed by atoms with Crippen molar-refractivity contribution in [3.05, 3.63) is 70.1 Å². The third-order valence-corrected chi connectivity index (χ3v) is 4.01. The van der Waals surface area contributed by atoms with Crippen LogP contribution < -0.4 is 10.9 Å². The normalized spacial score (nSPS) is 11.0. The maximum absolute atomic E-state index is 12.8. The second kappa shape index (κ2) is 6.89. The van der Waals surface area contributed by atoms with Gasteiger partial charge >= 0.3 is 0 Å². The number of carbonyl (C=O) groups excluding carboxylic acids is 1. The molecule has 3 rings (SSSR count). The van der Waals surface area contributed by atoms with Gasteiger partial charge < -0.3 is 5.32 Å². The molecule has 5 heteroatoms. The van der Waals surface area contributed by atoms with Crippen molar-refractivity contribution >= 4 is 22.4 Å². The van der Waals surface area contributed by atoms with Crippen molar-refractivity contribution in [3.63, 3.8) is 0 Å². The van der Waals surface area contributed by atoms with E-state index in [1.165, 1.54) is 4.68 Å². The molecule has 3 aromatic rings. The summed E-state index contributed by atoms with van der Waals surface area (Å²) >= 11 is 0. The second-order valence-corrected chi connectivity index (χ2v) is 6.54. The minimum absolute atomic E-state index is 0.170. The number of hydrogen-bond donors (Lipinski definition) is 1. The van der Waals surface area contributed by atoms with Gasteiger partial charge in [-0.15, -0.1) is 0 Å². The first-order valence-electron chi connectivity index (χ1n) is 8.34. The summed E-state index contributed by atoms with van der Waals surface area (Å²) in [5.41, 5.74) is 1.80. The third kappa shape index (κ3) is 3.45. The lowest BCUT2D eigenvalue weighted by atomic mass is 10.1. The van der Waals surface area contributed by atoms with Crippen LogP contribution in [0.2, 0.25) is 0 Å². The molecule has 0 radical (unpaired) electrons. The summed E-state index contributed by atoms with van der Waals surface area (Å²) in [6, 6.07) is 14.7. The summed E-state index contributed by atoms with van der Waals surface area (Å²) in [5.74, 6) is -0.0679. The number of benzene rings is 2. The average Bonchev–Trinajstić information content (AvgIpc) is 2.59. The third-order valence-electron chi connectivity index (χ3n) is 4.01. The quantitative estimate of drug-likeness (QED) is 0.792. The zero-order valence-corrected chi connectivity index (χ0v) is 14.6. The van der Waals surface area contributed by atoms with E-state index in [9.17, 15) is 9.59 Å². The number of nitrogens with one attached hydrogen (secondary N) is 1. The van der Waals surface area contributed by atoms with Gasteiger partial charge in [-0.2, -0.15) is 5.10 Å². The summed E-state index contributed by atoms with van der Waals surface area (Å²) in [6.07, 6.45) is 0. The molecule has 5 nitrogen and oxygen atoms in total. The number of hydrogen-bond acceptors (Lipinski definition) is 3. The van der Waals surface area contributed by atoms with Crippen molar-refractivity contribution in [1.29, 1.82) is 0 Å². The molecule has 1 amide bonds. The van der Waals surface area contributed by atoms with E-state index in [0.717, 1.165) is 11.3 Å². The van der Waals surface area contributed by atoms with Crippen LogP contribution in [0.3, 0.4) is 0 Å². The number of fused-ring (bicyclic) bond motifs is 1. The first kappa shape index (κ1) is 16.9. The molecule has 1 aromatic heterocycles. The molecule has 2 aromatic carbocycles. The number of nitrogens with zero attached hydrogens (tertiary/aromatic N) is 2. The van der Waals surface area contributed by atoms with E-state index in [-0.39, 0.29) is 23.1 Å². The molecule has 0 fully saturated rings. The zero-order chi connectivity index (χ0) is 18.0. The molecule has 0 aliphatic rings. The number of carbonyl (C=O) groups is 1. The lowest BCUT2D eigenvalue weighted by Gasteiger charge is -2.13. The lowest BCUT2D eigenvalue weighted by Crippen LogP contribution is -2.29. The first-order chi connectivity index (χ1) is 12.0. The van der Waals surface area contributed by atoms with Gasteiger partial charge in [-0.1, -0.05) is 50.2 Å². The SMILES string of the molecule is Cc1ccccc1NC(=O)c1nn(CC(C)C)c(=O)c2ccccc12. The number of aromatic nitrogens is 2. The topological polar surface area (TPSA) is 64.0 Å². The Morgan fingerprint density at radius 3 is 2.40 bits per heavy atom. The van der Waals surface area contributed by atoms with Crippen LogP contribution in [0.5, 0.6) is 0 Å². The fourth-order valence-electron chi connectivity index (χ4n) is 2.77. The molecule has 0 aliphatic carbocycles. The molecule has 0 atom stereocenters. The second-order valence-electron chi connectivity index (χ2n) is 6.54. The van der Waals surface area contributed by atoms with Gasteiger partial charge in [-0.05, 0) is 30.5 Å². The van der Waals surface area contributed by atoms with Crippen molar-refractivity contribution in [2.75, 3.05) is 5.32 Å². The molecule has 25 heavy (non-hydrogen) atoms. The van der Waals surface area contributed by atoms with E-state index in [1.807, 2.05) is 45.0 Å². The highest BCUT2D eigenvalue weighted by Crippen LogP contribution is 2.18. The smallest absolute Gasteiger partial charge is 0.276 e. The van der Waals surface area contributed by atoms with Crippen molar-refractivity contribution in [2.24, 2.45) is 5.92 Å². The molecule has 0 aliphatic heterocycles. The van der Waals surface area contributed by atoms with Gasteiger partial charge in [0.25, 0.3) is 11.5 Å². The van der Waals surface area contributed by atoms with Crippen molar-refractivity contribution in [2.45, 2.75) is 27.3 Å². The maximum atomic E-state index is 12.8. The minimum Gasteiger partial charge on any atom is -0.320 e. The Morgan fingerprint density at radius 2 is 1.72 bits per heavy atom. The zero-order valence-electron chi connectivity index (χ0n) is 14.6. The van der Waals surface area contributed by atoms with Crippen LogP contribution in [0.4, 0.5) is 5.69 Å². The molecule has 1 heterocycles. The predicted octanol–water partition coefficient (Wildman–Crippen LogP) is 3.61. The van der Waals surface area contributed by atoms with Crippen LogP contribution in [0.25, 0.3) is 10.8 Å². The predicted molar refractivity (Wildman–Crippen MR) is 100.0 cm³/mol. The van der Waals surface area contributed by atoms with Crippen LogP contribution in [-0.4, -0.2) is 15.7 Å². The highest BCUT2D eigenvalue weighted by molar-refractivity contribution is 6.11. The summed E-state index contributed by atoms with van der Waals surface area (Å²) in [4.78, 5) is 25.5. The fourth-order valence-corrected chi connectivity index (χ4v) is 2.77. The lowest BCUT2D eigenvalue weighted by molar-refractivity contribution is 0.102. The van der Waals surface area contributed by atoms with Crippen LogP contribution in [-0.2, 0) is 6.54 Å². The molecule has 0 spiro atoms. The molecule has 0 bridgehead atoms. The molecule has 128 valence electrons. The Labute approximate surface area is 146 Å². The van der Waals surface area contributed by atoms with E-state index >= 15 is 0 Å². The Morgan fingerprint density at radius 1 is 1.08 bits per heavy atom. The van der Waals surface area contributed by atoms with Gasteiger partial charge in [-0.3, -0.25) is 9.59 Å². The number of anilines is 1. The van der Waals surface area contributed by atoms with Gasteiger partial charge in [0, 0.05) is 17.6 Å². The van der Waals surface area contributed by atoms with E-state index in [4.69, 9.17) is 0 Å². The summed E-state index contributed by atoms with van der Waals surface area (Å²) < 4.78 is 1.39. The summed E-state index contributed by atoms with van der Waals surface area (Å²) in [7, 11) is 0. The van der Waals surface area contributed by atoms with Gasteiger partial charge in [-0.25, -0.2) is 4.68 Å². The number of rotatable bonds is 4. The Bertz CT molecular complexity index is 990. The van der Waals surface area contributed by atoms with E-state index in [2.05, 4.69) is 10.4 Å². The van der Waals surface area contributed by atoms with Crippen molar-refractivity contribution in [3.8, 4) is 0 Å². The van der Waals surface area contributed by atoms with E-state index in [1.54, 1.807) is 24.3 Å². The molecule has 0 saturated heterocycles. The van der Waals surface area contributed by atoms with Gasteiger partial charge in [0.2, 0.25) is 0 Å². The summed E-state index contributed by atoms with van der Waals surface area (Å²) in [5, 5.41) is 8.34. The van der Waals surface area contributed by atoms with Gasteiger partial charge in [0.05, 0.1) is 5.39 Å². The minimum atomic E-state index is -0.317. The Balaban J connectivity index is 2.11. The van der Waals surface area contributed by atoms with Crippen LogP contribution in [0.15, 0.2) is 53.3 Å². The van der Waals surface area contributed by atoms with Crippen LogP contribution >= 0.6 is 0 Å². The summed E-state index contributed by atoms with van der Waals surface area (Å²) in [6.45, 7) is 6.42. The average molecular weight is 335 g/mol. The van der Waals surface area contributed by atoms with Crippen LogP contribution in [0.1, 0.15) is 29.9 Å². The van der Waals surface area contributed by atoms with Crippen LogP contribution in [0, 0.1) is 12.8 Å². The molecule has 0 saturated carbocycles. The highest BCUT2D eigenvalue weighted by Gasteiger charge is 2.17. The maximum Gasteiger partial charge on any atom is 0.276 e. The number of aryl methyl sites for hydroxylation is 1. The molecular weight excluding hydrogens is 314 g/mol. The largest absolute Gasteiger partial charge is 0.320 e. The fraction of sp³-hybridized carbons (Fsp3) is 0.250.